The van der Waals surface area contributed by atoms with Crippen molar-refractivity contribution in [3.8, 4) is 11.5 Å². The lowest BCUT2D eigenvalue weighted by Gasteiger charge is -2.18. The fourth-order valence-corrected chi connectivity index (χ4v) is 3.97. The monoisotopic (exact) mass is 369 g/mol. The Morgan fingerprint density at radius 2 is 1.92 bits per heavy atom. The SMILES string of the molecule is CCN(CC)CCCn1c(-c2ccco2)csc1=Nc1ccccc1C. The molecule has 0 aliphatic rings. The highest BCUT2D eigenvalue weighted by Crippen LogP contribution is 2.22. The summed E-state index contributed by atoms with van der Waals surface area (Å²) in [6.45, 7) is 10.7. The summed E-state index contributed by atoms with van der Waals surface area (Å²) in [7, 11) is 0. The molecule has 0 unspecified atom stereocenters. The number of para-hydroxylation sites is 1. The first-order chi connectivity index (χ1) is 12.7. The van der Waals surface area contributed by atoms with Crippen LogP contribution in [0.15, 0.2) is 57.5 Å². The van der Waals surface area contributed by atoms with E-state index in [9.17, 15) is 0 Å². The number of rotatable bonds is 8. The second-order valence-electron chi connectivity index (χ2n) is 6.31. The number of hydrogen-bond donors (Lipinski definition) is 0. The molecule has 2 heterocycles. The van der Waals surface area contributed by atoms with Crippen LogP contribution >= 0.6 is 11.3 Å². The summed E-state index contributed by atoms with van der Waals surface area (Å²) in [6, 6.07) is 12.2. The van der Waals surface area contributed by atoms with Gasteiger partial charge in [-0.1, -0.05) is 32.0 Å². The Morgan fingerprint density at radius 3 is 2.62 bits per heavy atom. The van der Waals surface area contributed by atoms with E-state index in [1.807, 2.05) is 18.2 Å². The predicted octanol–water partition coefficient (Wildman–Crippen LogP) is 5.08. The molecule has 138 valence electrons. The first kappa shape index (κ1) is 18.7. The molecule has 0 bridgehead atoms. The lowest BCUT2D eigenvalue weighted by atomic mass is 10.2. The van der Waals surface area contributed by atoms with Crippen molar-refractivity contribution in [2.75, 3.05) is 19.6 Å². The summed E-state index contributed by atoms with van der Waals surface area (Å²) >= 11 is 1.67. The van der Waals surface area contributed by atoms with Crippen LogP contribution in [0.5, 0.6) is 0 Å². The molecule has 0 atom stereocenters. The molecule has 4 nitrogen and oxygen atoms in total. The fourth-order valence-electron chi connectivity index (χ4n) is 3.04. The zero-order valence-electron chi connectivity index (χ0n) is 15.8. The average molecular weight is 370 g/mol. The van der Waals surface area contributed by atoms with Gasteiger partial charge in [-0.05, 0) is 56.7 Å². The lowest BCUT2D eigenvalue weighted by Crippen LogP contribution is -2.26. The Morgan fingerprint density at radius 1 is 1.12 bits per heavy atom. The van der Waals surface area contributed by atoms with Crippen LogP contribution in [0.2, 0.25) is 0 Å². The van der Waals surface area contributed by atoms with Crippen LogP contribution in [0, 0.1) is 6.92 Å². The molecule has 0 aliphatic carbocycles. The summed E-state index contributed by atoms with van der Waals surface area (Å²) in [6.07, 6.45) is 2.82. The molecular weight excluding hydrogens is 342 g/mol. The number of aromatic nitrogens is 1. The van der Waals surface area contributed by atoms with Crippen molar-refractivity contribution >= 4 is 17.0 Å². The van der Waals surface area contributed by atoms with Gasteiger partial charge in [0.2, 0.25) is 0 Å². The van der Waals surface area contributed by atoms with Gasteiger partial charge in [-0.2, -0.15) is 0 Å². The summed E-state index contributed by atoms with van der Waals surface area (Å²) < 4.78 is 7.94. The minimum atomic E-state index is 0.898. The van der Waals surface area contributed by atoms with E-state index in [-0.39, 0.29) is 0 Å². The van der Waals surface area contributed by atoms with Crippen LogP contribution < -0.4 is 4.80 Å². The highest BCUT2D eigenvalue weighted by Gasteiger charge is 2.11. The van der Waals surface area contributed by atoms with Crippen molar-refractivity contribution < 1.29 is 4.42 Å². The van der Waals surface area contributed by atoms with Crippen LogP contribution in [0.1, 0.15) is 25.8 Å². The highest BCUT2D eigenvalue weighted by molar-refractivity contribution is 7.07. The maximum atomic E-state index is 5.65. The zero-order chi connectivity index (χ0) is 18.4. The number of nitrogens with zero attached hydrogens (tertiary/aromatic N) is 3. The summed E-state index contributed by atoms with van der Waals surface area (Å²) in [5.74, 6) is 0.898. The molecule has 3 rings (SSSR count). The van der Waals surface area contributed by atoms with E-state index in [1.165, 1.54) is 5.56 Å². The van der Waals surface area contributed by atoms with E-state index in [2.05, 4.69) is 53.8 Å². The number of benzene rings is 1. The number of aryl methyl sites for hydroxylation is 1. The van der Waals surface area contributed by atoms with E-state index in [0.717, 1.165) is 54.5 Å². The van der Waals surface area contributed by atoms with Crippen LogP contribution in [0.4, 0.5) is 5.69 Å². The first-order valence-corrected chi connectivity index (χ1v) is 10.2. The highest BCUT2D eigenvalue weighted by atomic mass is 32.1. The van der Waals surface area contributed by atoms with Crippen molar-refractivity contribution in [1.29, 1.82) is 0 Å². The smallest absolute Gasteiger partial charge is 0.190 e. The third-order valence-corrected chi connectivity index (χ3v) is 5.52. The molecule has 5 heteroatoms. The topological polar surface area (TPSA) is 33.7 Å². The second kappa shape index (κ2) is 9.01. The minimum absolute atomic E-state index is 0.898. The van der Waals surface area contributed by atoms with E-state index in [4.69, 9.17) is 9.41 Å². The van der Waals surface area contributed by atoms with Gasteiger partial charge in [0, 0.05) is 11.9 Å². The number of furan rings is 1. The van der Waals surface area contributed by atoms with Crippen molar-refractivity contribution in [3.05, 3.63) is 58.4 Å². The van der Waals surface area contributed by atoms with Gasteiger partial charge in [0.25, 0.3) is 0 Å². The van der Waals surface area contributed by atoms with Crippen LogP contribution in [0.3, 0.4) is 0 Å². The van der Waals surface area contributed by atoms with Crippen molar-refractivity contribution in [2.24, 2.45) is 4.99 Å². The Hall–Kier alpha value is -2.11. The number of hydrogen-bond acceptors (Lipinski definition) is 4. The molecule has 0 aliphatic heterocycles. The molecule has 0 saturated heterocycles. The van der Waals surface area contributed by atoms with Gasteiger partial charge in [0.05, 0.1) is 17.6 Å². The standard InChI is InChI=1S/C21H27N3OS/c1-4-23(5-2)13-9-14-24-19(20-12-8-15-25-20)16-26-21(24)22-18-11-7-6-10-17(18)3/h6-8,10-12,15-16H,4-5,9,13-14H2,1-3H3. The largest absolute Gasteiger partial charge is 0.463 e. The van der Waals surface area contributed by atoms with Gasteiger partial charge in [-0.3, -0.25) is 0 Å². The van der Waals surface area contributed by atoms with Gasteiger partial charge in [0.1, 0.15) is 0 Å². The Balaban J connectivity index is 1.93. The molecule has 0 spiro atoms. The fraction of sp³-hybridized carbons (Fsp3) is 0.381. The molecule has 0 radical (unpaired) electrons. The molecule has 1 aromatic carbocycles. The maximum Gasteiger partial charge on any atom is 0.190 e. The van der Waals surface area contributed by atoms with Gasteiger partial charge in [0.15, 0.2) is 10.6 Å². The Labute approximate surface area is 159 Å². The normalized spacial score (nSPS) is 12.2. The van der Waals surface area contributed by atoms with Crippen LogP contribution in [-0.2, 0) is 6.54 Å². The van der Waals surface area contributed by atoms with Gasteiger partial charge >= 0.3 is 0 Å². The third kappa shape index (κ3) is 4.34. The van der Waals surface area contributed by atoms with Crippen molar-refractivity contribution in [3.63, 3.8) is 0 Å². The maximum absolute atomic E-state index is 5.65. The molecule has 26 heavy (non-hydrogen) atoms. The van der Waals surface area contributed by atoms with Crippen molar-refractivity contribution in [2.45, 2.75) is 33.7 Å². The summed E-state index contributed by atoms with van der Waals surface area (Å²) in [4.78, 5) is 8.41. The molecule has 2 aromatic heterocycles. The van der Waals surface area contributed by atoms with E-state index in [1.54, 1.807) is 17.6 Å². The molecule has 0 amide bonds. The summed E-state index contributed by atoms with van der Waals surface area (Å²) in [5.41, 5.74) is 3.32. The predicted molar refractivity (Wildman–Crippen MR) is 109 cm³/mol. The summed E-state index contributed by atoms with van der Waals surface area (Å²) in [5, 5.41) is 2.15. The van der Waals surface area contributed by atoms with Gasteiger partial charge in [-0.25, -0.2) is 4.99 Å². The Kier molecular flexibility index (Phi) is 6.47. The van der Waals surface area contributed by atoms with Gasteiger partial charge < -0.3 is 13.9 Å². The van der Waals surface area contributed by atoms with E-state index in [0.29, 0.717) is 0 Å². The lowest BCUT2D eigenvalue weighted by molar-refractivity contribution is 0.293. The Bertz CT molecular complexity index is 873. The molecule has 0 saturated carbocycles. The van der Waals surface area contributed by atoms with Crippen LogP contribution in [-0.4, -0.2) is 29.1 Å². The molecule has 0 fully saturated rings. The minimum Gasteiger partial charge on any atom is -0.463 e. The van der Waals surface area contributed by atoms with E-state index >= 15 is 0 Å². The quantitative estimate of drug-likeness (QED) is 0.555. The molecule has 0 N–H and O–H groups in total. The van der Waals surface area contributed by atoms with Gasteiger partial charge in [-0.15, -0.1) is 11.3 Å². The number of thiazole rings is 1. The molecule has 3 aromatic rings. The van der Waals surface area contributed by atoms with Crippen LogP contribution in [0.25, 0.3) is 11.5 Å². The first-order valence-electron chi connectivity index (χ1n) is 9.27. The van der Waals surface area contributed by atoms with Crippen molar-refractivity contribution in [1.82, 2.24) is 9.47 Å². The average Bonchev–Trinajstić information content (AvgIpc) is 3.31. The zero-order valence-corrected chi connectivity index (χ0v) is 16.6. The van der Waals surface area contributed by atoms with E-state index < -0.39 is 0 Å². The third-order valence-electron chi connectivity index (χ3n) is 4.65. The second-order valence-corrected chi connectivity index (χ2v) is 7.15. The molecular formula is C21H27N3OS.